The quantitative estimate of drug-likeness (QED) is 0.365. The Hall–Kier alpha value is -1.13. The lowest BCUT2D eigenvalue weighted by Gasteiger charge is -2.59. The molecule has 2 saturated carbocycles. The Bertz CT molecular complexity index is 587. The molecule has 25 heavy (non-hydrogen) atoms. The molecule has 3 aliphatic rings. The molecule has 0 aromatic heterocycles. The van der Waals surface area contributed by atoms with Crippen molar-refractivity contribution in [2.45, 2.75) is 65.1 Å². The van der Waals surface area contributed by atoms with E-state index in [1.165, 1.54) is 12.7 Å². The van der Waals surface area contributed by atoms with Crippen LogP contribution in [0.5, 0.6) is 0 Å². The first-order valence-corrected chi connectivity index (χ1v) is 9.47. The van der Waals surface area contributed by atoms with Crippen LogP contribution in [0, 0.1) is 22.7 Å². The summed E-state index contributed by atoms with van der Waals surface area (Å²) in [4.78, 5) is 12.0. The van der Waals surface area contributed by atoms with Crippen LogP contribution < -0.4 is 0 Å². The lowest BCUT2D eigenvalue weighted by molar-refractivity contribution is -0.136. The molecule has 3 rings (SSSR count). The number of carbonyl (C=O) groups is 1. The Labute approximate surface area is 151 Å². The molecule has 0 amide bonds. The number of aliphatic hydroxyl groups is 1. The second kappa shape index (κ2) is 6.55. The van der Waals surface area contributed by atoms with E-state index in [4.69, 9.17) is 9.47 Å². The van der Waals surface area contributed by atoms with E-state index in [9.17, 15) is 9.90 Å². The third kappa shape index (κ3) is 3.19. The summed E-state index contributed by atoms with van der Waals surface area (Å²) < 4.78 is 10.2. The fraction of sp³-hybridized carbons (Fsp3) is 0.762. The van der Waals surface area contributed by atoms with E-state index in [2.05, 4.69) is 27.4 Å². The maximum Gasteiger partial charge on any atom is 0.336 e. The average Bonchev–Trinajstić information content (AvgIpc) is 3.38. The maximum atomic E-state index is 12.0. The molecular formula is C21H32O4. The molecule has 0 spiro atoms. The van der Waals surface area contributed by atoms with Crippen molar-refractivity contribution in [3.8, 4) is 0 Å². The van der Waals surface area contributed by atoms with Crippen molar-refractivity contribution in [3.63, 3.8) is 0 Å². The molecule has 0 aromatic rings. The van der Waals surface area contributed by atoms with Crippen LogP contribution in [0.1, 0.15) is 52.9 Å². The molecule has 4 nitrogen and oxygen atoms in total. The van der Waals surface area contributed by atoms with Crippen LogP contribution in [0.15, 0.2) is 23.8 Å². The van der Waals surface area contributed by atoms with Gasteiger partial charge in [-0.2, -0.15) is 0 Å². The first-order chi connectivity index (χ1) is 11.7. The van der Waals surface area contributed by atoms with Crippen LogP contribution in [-0.4, -0.2) is 37.0 Å². The normalized spacial score (nSPS) is 40.4. The standard InChI is InChI=1S/C21H32O4/c1-13-6-9-17-20(2,3)18(22)10-11-21(17,4)15(13)8-7-14(16-12-25-16)19(23)24-5/h7,15-18,22H,1,6,8-12H2,2-5H3/b14-7+/t15-,16-,17-,18-,21+/m0/s1. The number of ether oxygens (including phenoxy) is 2. The summed E-state index contributed by atoms with van der Waals surface area (Å²) in [5.41, 5.74) is 1.96. The van der Waals surface area contributed by atoms with E-state index < -0.39 is 0 Å². The number of allylic oxidation sites excluding steroid dienone is 2. The zero-order chi connectivity index (χ0) is 18.4. The van der Waals surface area contributed by atoms with Crippen LogP contribution in [-0.2, 0) is 14.3 Å². The summed E-state index contributed by atoms with van der Waals surface area (Å²) in [5, 5.41) is 10.5. The number of hydrogen-bond acceptors (Lipinski definition) is 4. The second-order valence-electron chi connectivity index (χ2n) is 8.89. The molecule has 3 fully saturated rings. The third-order valence-corrected chi connectivity index (χ3v) is 7.23. The molecule has 4 heteroatoms. The Kier molecular flexibility index (Phi) is 4.89. The Morgan fingerprint density at radius 1 is 1.40 bits per heavy atom. The Morgan fingerprint density at radius 3 is 2.68 bits per heavy atom. The van der Waals surface area contributed by atoms with Gasteiger partial charge < -0.3 is 14.6 Å². The largest absolute Gasteiger partial charge is 0.466 e. The predicted octanol–water partition coefficient (Wildman–Crippen LogP) is 3.64. The lowest BCUT2D eigenvalue weighted by atomic mass is 9.46. The molecule has 2 aliphatic carbocycles. The first kappa shape index (κ1) is 18.7. The Morgan fingerprint density at radius 2 is 2.08 bits per heavy atom. The van der Waals surface area contributed by atoms with Crippen LogP contribution in [0.4, 0.5) is 0 Å². The van der Waals surface area contributed by atoms with Crippen LogP contribution in [0.3, 0.4) is 0 Å². The number of esters is 1. The zero-order valence-corrected chi connectivity index (χ0v) is 16.0. The monoisotopic (exact) mass is 348 g/mol. The third-order valence-electron chi connectivity index (χ3n) is 7.23. The highest BCUT2D eigenvalue weighted by Crippen LogP contribution is 2.61. The zero-order valence-electron chi connectivity index (χ0n) is 16.0. The minimum absolute atomic E-state index is 0.0829. The van der Waals surface area contributed by atoms with Crippen LogP contribution >= 0.6 is 0 Å². The molecule has 1 aliphatic heterocycles. The number of aliphatic hydroxyl groups excluding tert-OH is 1. The van der Waals surface area contributed by atoms with Gasteiger partial charge in [-0.25, -0.2) is 4.79 Å². The van der Waals surface area contributed by atoms with Gasteiger partial charge in [-0.15, -0.1) is 0 Å². The van der Waals surface area contributed by atoms with Crippen LogP contribution in [0.2, 0.25) is 0 Å². The van der Waals surface area contributed by atoms with Crippen molar-refractivity contribution in [2.75, 3.05) is 13.7 Å². The number of fused-ring (bicyclic) bond motifs is 1. The first-order valence-electron chi connectivity index (χ1n) is 9.47. The van der Waals surface area contributed by atoms with Crippen LogP contribution in [0.25, 0.3) is 0 Å². The number of carbonyl (C=O) groups excluding carboxylic acids is 1. The topological polar surface area (TPSA) is 59.1 Å². The van der Waals surface area contributed by atoms with E-state index in [0.29, 0.717) is 24.0 Å². The maximum absolute atomic E-state index is 12.0. The number of rotatable bonds is 4. The summed E-state index contributed by atoms with van der Waals surface area (Å²) in [6, 6.07) is 0. The van der Waals surface area contributed by atoms with Gasteiger partial charge in [-0.05, 0) is 54.8 Å². The molecule has 0 bridgehead atoms. The molecule has 5 atom stereocenters. The van der Waals surface area contributed by atoms with Gasteiger partial charge in [0.1, 0.15) is 6.10 Å². The molecule has 1 saturated heterocycles. The second-order valence-corrected chi connectivity index (χ2v) is 8.89. The fourth-order valence-electron chi connectivity index (χ4n) is 5.54. The van der Waals surface area contributed by atoms with Crippen molar-refractivity contribution >= 4 is 5.97 Å². The predicted molar refractivity (Wildman–Crippen MR) is 96.9 cm³/mol. The summed E-state index contributed by atoms with van der Waals surface area (Å²) >= 11 is 0. The van der Waals surface area contributed by atoms with Gasteiger partial charge in [0.15, 0.2) is 0 Å². The van der Waals surface area contributed by atoms with E-state index in [0.717, 1.165) is 32.1 Å². The summed E-state index contributed by atoms with van der Waals surface area (Å²) in [6.45, 7) is 11.7. The minimum atomic E-state index is -0.287. The highest BCUT2D eigenvalue weighted by Gasteiger charge is 2.55. The highest BCUT2D eigenvalue weighted by molar-refractivity contribution is 5.90. The number of methoxy groups -OCH3 is 1. The summed E-state index contributed by atoms with van der Waals surface area (Å²) in [6.07, 6.45) is 6.41. The molecule has 1 heterocycles. The smallest absolute Gasteiger partial charge is 0.336 e. The average molecular weight is 348 g/mol. The van der Waals surface area contributed by atoms with E-state index in [1.54, 1.807) is 0 Å². The van der Waals surface area contributed by atoms with Gasteiger partial charge in [-0.1, -0.05) is 39.0 Å². The van der Waals surface area contributed by atoms with Gasteiger partial charge in [0.2, 0.25) is 0 Å². The van der Waals surface area contributed by atoms with Crippen molar-refractivity contribution in [1.82, 2.24) is 0 Å². The van der Waals surface area contributed by atoms with Gasteiger partial charge in [0, 0.05) is 0 Å². The summed E-state index contributed by atoms with van der Waals surface area (Å²) in [5.74, 6) is 0.507. The van der Waals surface area contributed by atoms with E-state index in [1.807, 2.05) is 6.08 Å². The van der Waals surface area contributed by atoms with Gasteiger partial charge in [0.25, 0.3) is 0 Å². The molecular weight excluding hydrogens is 316 g/mol. The SMILES string of the molecule is C=C1CC[C@H]2C(C)(C)[C@@H](O)CC[C@]2(C)[C@H]1C/C=C(/C(=O)OC)[C@@H]1CO1. The molecule has 140 valence electrons. The molecule has 0 unspecified atom stereocenters. The van der Waals surface area contributed by atoms with Gasteiger partial charge >= 0.3 is 5.97 Å². The van der Waals surface area contributed by atoms with Crippen molar-refractivity contribution in [1.29, 1.82) is 0 Å². The molecule has 0 aromatic carbocycles. The molecule has 1 N–H and O–H groups in total. The fourth-order valence-corrected chi connectivity index (χ4v) is 5.54. The number of epoxide rings is 1. The van der Waals surface area contributed by atoms with Gasteiger partial charge in [0.05, 0.1) is 25.4 Å². The van der Waals surface area contributed by atoms with Crippen molar-refractivity contribution in [3.05, 3.63) is 23.8 Å². The Balaban J connectivity index is 1.86. The molecule has 0 radical (unpaired) electrons. The lowest BCUT2D eigenvalue weighted by Crippen LogP contribution is -2.54. The highest BCUT2D eigenvalue weighted by atomic mass is 16.6. The van der Waals surface area contributed by atoms with Crippen molar-refractivity contribution < 1.29 is 19.4 Å². The van der Waals surface area contributed by atoms with Gasteiger partial charge in [-0.3, -0.25) is 0 Å². The van der Waals surface area contributed by atoms with E-state index in [-0.39, 0.29) is 29.0 Å². The number of hydrogen-bond donors (Lipinski definition) is 1. The van der Waals surface area contributed by atoms with Crippen molar-refractivity contribution in [2.24, 2.45) is 22.7 Å². The summed E-state index contributed by atoms with van der Waals surface area (Å²) in [7, 11) is 1.42. The minimum Gasteiger partial charge on any atom is -0.466 e. The van der Waals surface area contributed by atoms with E-state index >= 15 is 0 Å².